The van der Waals surface area contributed by atoms with Crippen molar-refractivity contribution in [2.45, 2.75) is 45.2 Å². The molecule has 1 N–H and O–H groups in total. The molecule has 0 bridgehead atoms. The van der Waals surface area contributed by atoms with Crippen LogP contribution in [0.2, 0.25) is 0 Å². The number of amides is 4. The van der Waals surface area contributed by atoms with E-state index in [2.05, 4.69) is 35.6 Å². The quantitative estimate of drug-likeness (QED) is 0.422. The highest BCUT2D eigenvalue weighted by Crippen LogP contribution is 2.32. The number of nitrogens with zero attached hydrogens (tertiary/aromatic N) is 4. The Kier molecular flexibility index (Phi) is 6.64. The minimum absolute atomic E-state index is 0.0197. The molecule has 0 unspecified atom stereocenters. The van der Waals surface area contributed by atoms with Gasteiger partial charge < -0.3 is 15.1 Å². The Balaban J connectivity index is 1.29. The largest absolute Gasteiger partial charge is 0.334 e. The van der Waals surface area contributed by atoms with Crippen LogP contribution in [0.1, 0.15) is 25.0 Å². The van der Waals surface area contributed by atoms with E-state index in [9.17, 15) is 14.4 Å². The number of carbonyl (C=O) groups is 3. The Hall–Kier alpha value is -4.43. The van der Waals surface area contributed by atoms with Crippen molar-refractivity contribution < 1.29 is 14.4 Å². The summed E-state index contributed by atoms with van der Waals surface area (Å²) in [5.74, 6) is -0.284. The molecule has 2 saturated heterocycles. The van der Waals surface area contributed by atoms with Gasteiger partial charge in [-0.3, -0.25) is 9.59 Å². The number of piperazine rings is 1. The monoisotopic (exact) mass is 535 g/mol. The first-order valence-electron chi connectivity index (χ1n) is 13.7. The lowest BCUT2D eigenvalue weighted by Crippen LogP contribution is -2.77. The van der Waals surface area contributed by atoms with Crippen molar-refractivity contribution >= 4 is 39.4 Å². The second kappa shape index (κ2) is 10.3. The number of benzene rings is 4. The summed E-state index contributed by atoms with van der Waals surface area (Å²) in [5.41, 5.74) is 2.04. The van der Waals surface area contributed by atoms with Gasteiger partial charge in [0.25, 0.3) is 0 Å². The van der Waals surface area contributed by atoms with Crippen LogP contribution < -0.4 is 5.32 Å². The van der Waals surface area contributed by atoms with Crippen LogP contribution in [-0.4, -0.2) is 69.5 Å². The second-order valence-electron chi connectivity index (χ2n) is 10.7. The highest BCUT2D eigenvalue weighted by atomic mass is 16.2. The number of nitrogens with one attached hydrogen (secondary N) is 1. The zero-order chi connectivity index (χ0) is 28.0. The zero-order valence-corrected chi connectivity index (χ0v) is 22.9. The van der Waals surface area contributed by atoms with Gasteiger partial charge in [-0.25, -0.2) is 14.8 Å². The van der Waals surface area contributed by atoms with Crippen molar-refractivity contribution in [1.82, 2.24) is 25.1 Å². The number of rotatable bonds is 4. The Bertz CT molecular complexity index is 1610. The van der Waals surface area contributed by atoms with Crippen LogP contribution in [-0.2, 0) is 22.7 Å². The number of fused-ring (bicyclic) bond motifs is 3. The first-order valence-corrected chi connectivity index (χ1v) is 13.7. The standard InChI is InChI=1S/C32H33N5O3/c1-21-30-36(22(2)31(39)35(21)19-26-15-9-13-24-11-5-7-17-28(24)26)29(38)20-34(3)37(30)32(40)33-18-25-14-8-12-23-10-4-6-16-27(23)25/h4-17,21-22,30H,18-20H2,1-3H3,(H,33,40)/t21-,22-,30-/m0/s1. The van der Waals surface area contributed by atoms with Gasteiger partial charge in [-0.15, -0.1) is 0 Å². The molecule has 0 radical (unpaired) electrons. The van der Waals surface area contributed by atoms with E-state index in [1.807, 2.05) is 66.4 Å². The third kappa shape index (κ3) is 4.34. The number of likely N-dealkylation sites (N-methyl/N-ethyl adjacent to an activating group) is 1. The SMILES string of the molecule is C[C@H]1[C@H]2N(C(=O)CN(C)N2C(=O)NCc2cccc3ccccc23)[C@@H](C)C(=O)N1Cc1cccc2ccccc12. The van der Waals surface area contributed by atoms with Gasteiger partial charge in [0.1, 0.15) is 12.2 Å². The van der Waals surface area contributed by atoms with Gasteiger partial charge in [0.2, 0.25) is 11.8 Å². The van der Waals surface area contributed by atoms with Crippen LogP contribution in [0.25, 0.3) is 21.5 Å². The molecule has 2 heterocycles. The minimum Gasteiger partial charge on any atom is -0.333 e. The molecule has 4 amide bonds. The van der Waals surface area contributed by atoms with Crippen LogP contribution in [0.15, 0.2) is 84.9 Å². The molecule has 0 aromatic heterocycles. The lowest BCUT2D eigenvalue weighted by atomic mass is 9.98. The molecular weight excluding hydrogens is 502 g/mol. The molecule has 0 saturated carbocycles. The normalized spacial score (nSPS) is 21.7. The average molecular weight is 536 g/mol. The molecule has 8 heteroatoms. The van der Waals surface area contributed by atoms with Crippen molar-refractivity contribution in [3.63, 3.8) is 0 Å². The number of hydrazine groups is 1. The average Bonchev–Trinajstić information content (AvgIpc) is 2.96. The molecule has 3 atom stereocenters. The summed E-state index contributed by atoms with van der Waals surface area (Å²) < 4.78 is 0. The van der Waals surface area contributed by atoms with Gasteiger partial charge >= 0.3 is 6.03 Å². The molecular formula is C32H33N5O3. The molecule has 4 aromatic rings. The van der Waals surface area contributed by atoms with E-state index in [-0.39, 0.29) is 24.4 Å². The number of hydrogen-bond donors (Lipinski definition) is 1. The van der Waals surface area contributed by atoms with Crippen LogP contribution >= 0.6 is 0 Å². The zero-order valence-electron chi connectivity index (χ0n) is 22.9. The molecule has 0 aliphatic carbocycles. The van der Waals surface area contributed by atoms with E-state index in [4.69, 9.17) is 0 Å². The van der Waals surface area contributed by atoms with E-state index in [0.717, 1.165) is 32.7 Å². The smallest absolute Gasteiger partial charge is 0.333 e. The summed E-state index contributed by atoms with van der Waals surface area (Å²) in [6.45, 7) is 4.43. The van der Waals surface area contributed by atoms with Crippen LogP contribution in [0.4, 0.5) is 4.79 Å². The second-order valence-corrected chi connectivity index (χ2v) is 10.7. The van der Waals surface area contributed by atoms with Crippen molar-refractivity contribution in [2.75, 3.05) is 13.6 Å². The maximum Gasteiger partial charge on any atom is 0.334 e. The molecule has 4 aromatic carbocycles. The lowest BCUT2D eigenvalue weighted by Gasteiger charge is -2.56. The maximum atomic E-state index is 13.8. The molecule has 8 nitrogen and oxygen atoms in total. The fourth-order valence-electron chi connectivity index (χ4n) is 6.23. The maximum absolute atomic E-state index is 13.8. The van der Waals surface area contributed by atoms with E-state index in [0.29, 0.717) is 13.1 Å². The topological polar surface area (TPSA) is 76.2 Å². The summed E-state index contributed by atoms with van der Waals surface area (Å²) in [6, 6.07) is 26.9. The number of urea groups is 1. The predicted octanol–water partition coefficient (Wildman–Crippen LogP) is 4.34. The van der Waals surface area contributed by atoms with E-state index in [1.54, 1.807) is 28.9 Å². The molecule has 40 heavy (non-hydrogen) atoms. The molecule has 204 valence electrons. The van der Waals surface area contributed by atoms with E-state index >= 15 is 0 Å². The molecule has 0 spiro atoms. The van der Waals surface area contributed by atoms with Crippen LogP contribution in [0, 0.1) is 0 Å². The molecule has 2 aliphatic rings. The molecule has 2 aliphatic heterocycles. The van der Waals surface area contributed by atoms with Crippen LogP contribution in [0.3, 0.4) is 0 Å². The van der Waals surface area contributed by atoms with Crippen LogP contribution in [0.5, 0.6) is 0 Å². The van der Waals surface area contributed by atoms with Gasteiger partial charge in [-0.05, 0) is 46.5 Å². The summed E-state index contributed by atoms with van der Waals surface area (Å²) in [6.07, 6.45) is -0.638. The van der Waals surface area contributed by atoms with Crippen molar-refractivity contribution in [3.8, 4) is 0 Å². The third-order valence-corrected chi connectivity index (χ3v) is 8.28. The number of hydrogen-bond acceptors (Lipinski definition) is 4. The summed E-state index contributed by atoms with van der Waals surface area (Å²) in [4.78, 5) is 44.1. The fourth-order valence-corrected chi connectivity index (χ4v) is 6.23. The predicted molar refractivity (Wildman–Crippen MR) is 155 cm³/mol. The van der Waals surface area contributed by atoms with Crippen molar-refractivity contribution in [3.05, 3.63) is 96.1 Å². The third-order valence-electron chi connectivity index (χ3n) is 8.28. The van der Waals surface area contributed by atoms with Gasteiger partial charge in [0.05, 0.1) is 12.6 Å². The first kappa shape index (κ1) is 25.8. The Morgan fingerprint density at radius 3 is 2.08 bits per heavy atom. The van der Waals surface area contributed by atoms with Gasteiger partial charge in [0.15, 0.2) is 0 Å². The van der Waals surface area contributed by atoms with Gasteiger partial charge in [-0.1, -0.05) is 84.9 Å². The summed E-state index contributed by atoms with van der Waals surface area (Å²) in [5, 5.41) is 10.7. The fraction of sp³-hybridized carbons (Fsp3) is 0.281. The molecule has 2 fully saturated rings. The van der Waals surface area contributed by atoms with E-state index in [1.165, 1.54) is 0 Å². The molecule has 6 rings (SSSR count). The number of carbonyl (C=O) groups excluding carboxylic acids is 3. The minimum atomic E-state index is -0.689. The first-order chi connectivity index (χ1) is 19.3. The Labute approximate surface area is 233 Å². The highest BCUT2D eigenvalue weighted by molar-refractivity contribution is 5.92. The highest BCUT2D eigenvalue weighted by Gasteiger charge is 2.52. The lowest BCUT2D eigenvalue weighted by molar-refractivity contribution is -0.194. The summed E-state index contributed by atoms with van der Waals surface area (Å²) >= 11 is 0. The Morgan fingerprint density at radius 2 is 1.40 bits per heavy atom. The Morgan fingerprint density at radius 1 is 0.825 bits per heavy atom. The van der Waals surface area contributed by atoms with Crippen molar-refractivity contribution in [1.29, 1.82) is 0 Å². The van der Waals surface area contributed by atoms with Gasteiger partial charge in [-0.2, -0.15) is 0 Å². The van der Waals surface area contributed by atoms with E-state index < -0.39 is 18.2 Å². The summed E-state index contributed by atoms with van der Waals surface area (Å²) in [7, 11) is 1.75. The van der Waals surface area contributed by atoms with Crippen molar-refractivity contribution in [2.24, 2.45) is 0 Å². The van der Waals surface area contributed by atoms with Gasteiger partial charge in [0, 0.05) is 20.1 Å².